The Balaban J connectivity index is 2.15. The average molecular weight is 380 g/mol. The fraction of sp³-hybridized carbons (Fsp3) is 0.133. The topological polar surface area (TPSA) is 28.7 Å². The number of aromatic nitrogens is 2. The summed E-state index contributed by atoms with van der Waals surface area (Å²) in [6.45, 7) is 0. The average Bonchev–Trinajstić information content (AvgIpc) is 2.89. The van der Waals surface area contributed by atoms with Crippen LogP contribution in [-0.2, 0) is 9.97 Å². The zero-order valence-corrected chi connectivity index (χ0v) is 13.5. The molecule has 0 unspecified atom stereocenters. The van der Waals surface area contributed by atoms with E-state index in [1.165, 1.54) is 12.1 Å². The van der Waals surface area contributed by atoms with Crippen LogP contribution in [0.3, 0.4) is 0 Å². The first-order chi connectivity index (χ1) is 10.7. The van der Waals surface area contributed by atoms with Crippen LogP contribution in [0.15, 0.2) is 42.5 Å². The summed E-state index contributed by atoms with van der Waals surface area (Å²) in [5, 5.41) is 0. The lowest BCUT2D eigenvalue weighted by Gasteiger charge is -2.12. The van der Waals surface area contributed by atoms with E-state index in [-0.39, 0.29) is 11.4 Å². The summed E-state index contributed by atoms with van der Waals surface area (Å²) in [6.07, 6.45) is -4.44. The van der Waals surface area contributed by atoms with Crippen LogP contribution in [0.2, 0.25) is 0 Å². The highest BCUT2D eigenvalue weighted by atomic mass is 35.6. The Morgan fingerprint density at radius 2 is 1.65 bits per heavy atom. The van der Waals surface area contributed by atoms with Crippen LogP contribution >= 0.6 is 34.8 Å². The summed E-state index contributed by atoms with van der Waals surface area (Å²) in [7, 11) is 0. The van der Waals surface area contributed by atoms with Crippen LogP contribution in [-0.4, -0.2) is 9.97 Å². The van der Waals surface area contributed by atoms with Crippen molar-refractivity contribution in [2.24, 2.45) is 0 Å². The zero-order chi connectivity index (χ0) is 16.8. The van der Waals surface area contributed by atoms with Gasteiger partial charge in [-0.1, -0.05) is 59.1 Å². The van der Waals surface area contributed by atoms with Gasteiger partial charge in [0.05, 0.1) is 16.6 Å². The first kappa shape index (κ1) is 16.4. The normalized spacial score (nSPS) is 12.8. The van der Waals surface area contributed by atoms with Crippen LogP contribution in [0.25, 0.3) is 22.2 Å². The molecule has 0 atom stereocenters. The number of halogens is 6. The molecule has 0 aliphatic rings. The first-order valence-corrected chi connectivity index (χ1v) is 7.53. The van der Waals surface area contributed by atoms with Gasteiger partial charge in [0.1, 0.15) is 0 Å². The molecule has 1 aromatic heterocycles. The maximum absolute atomic E-state index is 13.1. The van der Waals surface area contributed by atoms with E-state index in [2.05, 4.69) is 9.97 Å². The molecule has 0 saturated heterocycles. The molecule has 3 aromatic rings. The summed E-state index contributed by atoms with van der Waals surface area (Å²) in [6, 6.07) is 10.0. The first-order valence-electron chi connectivity index (χ1n) is 6.40. The van der Waals surface area contributed by atoms with Crippen LogP contribution in [0.4, 0.5) is 13.2 Å². The summed E-state index contributed by atoms with van der Waals surface area (Å²) in [5.41, 5.74) is 0.748. The Morgan fingerprint density at radius 1 is 0.957 bits per heavy atom. The molecule has 8 heteroatoms. The number of H-pyrrole nitrogens is 1. The molecule has 0 saturated carbocycles. The lowest BCUT2D eigenvalue weighted by Crippen LogP contribution is -2.06. The van der Waals surface area contributed by atoms with Crippen LogP contribution in [0.5, 0.6) is 0 Å². The van der Waals surface area contributed by atoms with E-state index in [1.807, 2.05) is 0 Å². The molecule has 1 N–H and O–H groups in total. The van der Waals surface area contributed by atoms with Gasteiger partial charge in [-0.2, -0.15) is 13.2 Å². The fourth-order valence-electron chi connectivity index (χ4n) is 2.29. The van der Waals surface area contributed by atoms with E-state index in [9.17, 15) is 13.2 Å². The number of nitrogens with zero attached hydrogens (tertiary/aromatic N) is 1. The van der Waals surface area contributed by atoms with Gasteiger partial charge < -0.3 is 4.98 Å². The molecule has 3 rings (SSSR count). The largest absolute Gasteiger partial charge is 0.417 e. The second-order valence-corrected chi connectivity index (χ2v) is 7.14. The second-order valence-electron chi connectivity index (χ2n) is 4.86. The summed E-state index contributed by atoms with van der Waals surface area (Å²) >= 11 is 17.3. The van der Waals surface area contributed by atoms with E-state index in [0.717, 1.165) is 6.07 Å². The van der Waals surface area contributed by atoms with Crippen molar-refractivity contribution in [1.82, 2.24) is 9.97 Å². The number of aromatic amines is 1. The molecule has 0 amide bonds. The van der Waals surface area contributed by atoms with Gasteiger partial charge >= 0.3 is 6.18 Å². The van der Waals surface area contributed by atoms with E-state index in [0.29, 0.717) is 16.6 Å². The smallest absolute Gasteiger partial charge is 0.338 e. The molecule has 2 nitrogen and oxygen atoms in total. The highest BCUT2D eigenvalue weighted by Gasteiger charge is 2.33. The minimum atomic E-state index is -4.44. The summed E-state index contributed by atoms with van der Waals surface area (Å²) in [4.78, 5) is 6.93. The molecule has 0 radical (unpaired) electrons. The number of hydrogen-bond donors (Lipinski definition) is 1. The third-order valence-corrected chi connectivity index (χ3v) is 3.83. The monoisotopic (exact) mass is 378 g/mol. The van der Waals surface area contributed by atoms with Crippen molar-refractivity contribution in [3.8, 4) is 11.1 Å². The fourth-order valence-corrected chi connectivity index (χ4v) is 2.56. The van der Waals surface area contributed by atoms with Gasteiger partial charge in [-0.25, -0.2) is 4.98 Å². The maximum Gasteiger partial charge on any atom is 0.417 e. The summed E-state index contributed by atoms with van der Waals surface area (Å²) in [5.74, 6) is 0.110. The SMILES string of the molecule is FC(F)(F)c1ccccc1-c1ccc2nc(C(Cl)(Cl)Cl)[nH]c2c1. The molecule has 23 heavy (non-hydrogen) atoms. The van der Waals surface area contributed by atoms with Gasteiger partial charge in [0.2, 0.25) is 3.79 Å². The van der Waals surface area contributed by atoms with Crippen LogP contribution in [0, 0.1) is 0 Å². The number of hydrogen-bond acceptors (Lipinski definition) is 1. The van der Waals surface area contributed by atoms with Crippen molar-refractivity contribution in [2.45, 2.75) is 9.97 Å². The predicted molar refractivity (Wildman–Crippen MR) is 85.8 cm³/mol. The standard InChI is InChI=1S/C15H8Cl3F3N2/c16-14(17,18)13-22-11-6-5-8(7-12(11)23-13)9-3-1-2-4-10(9)15(19,20)21/h1-7H,(H,22,23). The number of rotatable bonds is 1. The van der Waals surface area contributed by atoms with E-state index in [4.69, 9.17) is 34.8 Å². The minimum Gasteiger partial charge on any atom is -0.338 e. The lowest BCUT2D eigenvalue weighted by molar-refractivity contribution is -0.137. The molecular weight excluding hydrogens is 372 g/mol. The van der Waals surface area contributed by atoms with Gasteiger partial charge in [0.25, 0.3) is 0 Å². The molecule has 0 bridgehead atoms. The molecule has 0 spiro atoms. The van der Waals surface area contributed by atoms with Gasteiger partial charge in [0.15, 0.2) is 5.82 Å². The Hall–Kier alpha value is -1.43. The van der Waals surface area contributed by atoms with Crippen molar-refractivity contribution in [3.05, 3.63) is 53.9 Å². The van der Waals surface area contributed by atoms with E-state index < -0.39 is 15.5 Å². The summed E-state index contributed by atoms with van der Waals surface area (Å²) < 4.78 is 37.7. The lowest BCUT2D eigenvalue weighted by atomic mass is 9.99. The van der Waals surface area contributed by atoms with Crippen LogP contribution in [0.1, 0.15) is 11.4 Å². The van der Waals surface area contributed by atoms with E-state index in [1.54, 1.807) is 24.3 Å². The number of nitrogens with one attached hydrogen (secondary N) is 1. The van der Waals surface area contributed by atoms with Gasteiger partial charge in [-0.3, -0.25) is 0 Å². The number of fused-ring (bicyclic) bond motifs is 1. The molecular formula is C15H8Cl3F3N2. The highest BCUT2D eigenvalue weighted by molar-refractivity contribution is 6.66. The molecule has 0 aliphatic carbocycles. The molecule has 0 aliphatic heterocycles. The van der Waals surface area contributed by atoms with Crippen molar-refractivity contribution in [2.75, 3.05) is 0 Å². The Kier molecular flexibility index (Phi) is 3.99. The second kappa shape index (κ2) is 5.58. The van der Waals surface area contributed by atoms with Gasteiger partial charge in [0, 0.05) is 0 Å². The minimum absolute atomic E-state index is 0.0759. The number of alkyl halides is 6. The number of imidazole rings is 1. The van der Waals surface area contributed by atoms with Crippen molar-refractivity contribution >= 4 is 45.8 Å². The quantitative estimate of drug-likeness (QED) is 0.510. The Bertz CT molecular complexity index is 866. The van der Waals surface area contributed by atoms with Crippen molar-refractivity contribution in [3.63, 3.8) is 0 Å². The van der Waals surface area contributed by atoms with Crippen molar-refractivity contribution < 1.29 is 13.2 Å². The Labute approximate surface area is 144 Å². The molecule has 1 heterocycles. The molecule has 2 aromatic carbocycles. The highest BCUT2D eigenvalue weighted by Crippen LogP contribution is 2.39. The third-order valence-electron chi connectivity index (χ3n) is 3.29. The third kappa shape index (κ3) is 3.27. The van der Waals surface area contributed by atoms with Gasteiger partial charge in [-0.15, -0.1) is 0 Å². The maximum atomic E-state index is 13.1. The number of benzene rings is 2. The Morgan fingerprint density at radius 3 is 2.30 bits per heavy atom. The molecule has 0 fully saturated rings. The predicted octanol–water partition coefficient (Wildman–Crippen LogP) is 6.08. The molecule has 120 valence electrons. The van der Waals surface area contributed by atoms with E-state index >= 15 is 0 Å². The zero-order valence-electron chi connectivity index (χ0n) is 11.3. The van der Waals surface area contributed by atoms with Gasteiger partial charge in [-0.05, 0) is 29.3 Å². The van der Waals surface area contributed by atoms with Crippen molar-refractivity contribution in [1.29, 1.82) is 0 Å². The van der Waals surface area contributed by atoms with Crippen LogP contribution < -0.4 is 0 Å².